The first-order chi connectivity index (χ1) is 10.2. The molecule has 0 aliphatic rings. The second-order valence-electron chi connectivity index (χ2n) is 5.54. The fraction of sp³-hybridized carbons (Fsp3) is 0.500. The summed E-state index contributed by atoms with van der Waals surface area (Å²) in [5.74, 6) is 0.645. The summed E-state index contributed by atoms with van der Waals surface area (Å²) in [6.45, 7) is 8.14. The average molecular weight is 288 g/mol. The van der Waals surface area contributed by atoms with Crippen LogP contribution >= 0.6 is 0 Å². The predicted molar refractivity (Wildman–Crippen MR) is 82.7 cm³/mol. The minimum absolute atomic E-state index is 0.636. The van der Waals surface area contributed by atoms with Crippen molar-refractivity contribution in [2.45, 2.75) is 33.5 Å². The Morgan fingerprint density at radius 3 is 2.81 bits per heavy atom. The molecule has 1 N–H and O–H groups in total. The summed E-state index contributed by atoms with van der Waals surface area (Å²) in [5.41, 5.74) is 2.16. The van der Waals surface area contributed by atoms with E-state index in [2.05, 4.69) is 41.6 Å². The minimum atomic E-state index is 0.636. The second kappa shape index (κ2) is 8.54. The van der Waals surface area contributed by atoms with E-state index in [0.717, 1.165) is 25.3 Å². The highest BCUT2D eigenvalue weighted by atomic mass is 16.5. The van der Waals surface area contributed by atoms with Crippen molar-refractivity contribution >= 4 is 0 Å². The number of aromatic nitrogens is 3. The first kappa shape index (κ1) is 15.7. The monoisotopic (exact) mass is 288 g/mol. The smallest absolute Gasteiger partial charge is 0.0964 e. The van der Waals surface area contributed by atoms with Crippen molar-refractivity contribution < 1.29 is 4.74 Å². The van der Waals surface area contributed by atoms with E-state index in [-0.39, 0.29) is 0 Å². The SMILES string of the molecule is CC(C)CNCc1cn(CCOCc2ccccc2)nn1. The summed E-state index contributed by atoms with van der Waals surface area (Å²) in [7, 11) is 0. The molecule has 21 heavy (non-hydrogen) atoms. The van der Waals surface area contributed by atoms with E-state index in [0.29, 0.717) is 19.1 Å². The zero-order valence-corrected chi connectivity index (χ0v) is 12.8. The van der Waals surface area contributed by atoms with Gasteiger partial charge in [-0.2, -0.15) is 0 Å². The highest BCUT2D eigenvalue weighted by molar-refractivity contribution is 5.13. The Morgan fingerprint density at radius 2 is 2.05 bits per heavy atom. The molecule has 2 rings (SSSR count). The lowest BCUT2D eigenvalue weighted by molar-refractivity contribution is 0.110. The van der Waals surface area contributed by atoms with Gasteiger partial charge in [0.25, 0.3) is 0 Å². The summed E-state index contributed by atoms with van der Waals surface area (Å²) < 4.78 is 7.47. The molecule has 5 heteroatoms. The fourth-order valence-corrected chi connectivity index (χ4v) is 1.94. The van der Waals surface area contributed by atoms with Crippen LogP contribution in [0.3, 0.4) is 0 Å². The molecule has 114 valence electrons. The number of nitrogens with one attached hydrogen (secondary N) is 1. The molecule has 0 aliphatic carbocycles. The van der Waals surface area contributed by atoms with Gasteiger partial charge in [0, 0.05) is 12.7 Å². The van der Waals surface area contributed by atoms with Crippen LogP contribution in [0, 0.1) is 5.92 Å². The van der Waals surface area contributed by atoms with Crippen LogP contribution in [-0.4, -0.2) is 28.1 Å². The maximum Gasteiger partial charge on any atom is 0.0964 e. The quantitative estimate of drug-likeness (QED) is 0.719. The average Bonchev–Trinajstić information content (AvgIpc) is 2.92. The maximum absolute atomic E-state index is 5.64. The van der Waals surface area contributed by atoms with Gasteiger partial charge in [0.2, 0.25) is 0 Å². The molecule has 0 radical (unpaired) electrons. The third-order valence-electron chi connectivity index (χ3n) is 3.02. The van der Waals surface area contributed by atoms with Crippen LogP contribution in [-0.2, 0) is 24.4 Å². The third-order valence-corrected chi connectivity index (χ3v) is 3.02. The van der Waals surface area contributed by atoms with Gasteiger partial charge in [0.1, 0.15) is 0 Å². The Bertz CT molecular complexity index is 510. The van der Waals surface area contributed by atoms with Gasteiger partial charge < -0.3 is 10.1 Å². The molecule has 0 atom stereocenters. The van der Waals surface area contributed by atoms with Gasteiger partial charge in [-0.3, -0.25) is 0 Å². The van der Waals surface area contributed by atoms with E-state index in [4.69, 9.17) is 4.74 Å². The number of ether oxygens (including phenoxy) is 1. The van der Waals surface area contributed by atoms with E-state index < -0.39 is 0 Å². The van der Waals surface area contributed by atoms with Gasteiger partial charge in [-0.15, -0.1) is 5.10 Å². The van der Waals surface area contributed by atoms with Crippen LogP contribution < -0.4 is 5.32 Å². The number of rotatable bonds is 9. The summed E-state index contributed by atoms with van der Waals surface area (Å²) in [5, 5.41) is 11.6. The first-order valence-electron chi connectivity index (χ1n) is 7.45. The largest absolute Gasteiger partial charge is 0.375 e. The molecule has 0 spiro atoms. The Kier molecular flexibility index (Phi) is 6.37. The zero-order chi connectivity index (χ0) is 14.9. The van der Waals surface area contributed by atoms with E-state index in [1.54, 1.807) is 0 Å². The van der Waals surface area contributed by atoms with Gasteiger partial charge in [-0.25, -0.2) is 4.68 Å². The molecule has 0 saturated carbocycles. The van der Waals surface area contributed by atoms with Crippen molar-refractivity contribution in [1.29, 1.82) is 0 Å². The summed E-state index contributed by atoms with van der Waals surface area (Å²) in [6, 6.07) is 10.2. The number of nitrogens with zero attached hydrogens (tertiary/aromatic N) is 3. The lowest BCUT2D eigenvalue weighted by Crippen LogP contribution is -2.19. The topological polar surface area (TPSA) is 52.0 Å². The highest BCUT2D eigenvalue weighted by Gasteiger charge is 2.01. The molecule has 1 heterocycles. The van der Waals surface area contributed by atoms with Crippen LogP contribution in [0.1, 0.15) is 25.1 Å². The molecule has 0 bridgehead atoms. The number of hydrogen-bond donors (Lipinski definition) is 1. The number of hydrogen-bond acceptors (Lipinski definition) is 4. The van der Waals surface area contributed by atoms with Crippen molar-refractivity contribution in [2.75, 3.05) is 13.2 Å². The zero-order valence-electron chi connectivity index (χ0n) is 12.8. The van der Waals surface area contributed by atoms with Crippen LogP contribution in [0.15, 0.2) is 36.5 Å². The molecular weight excluding hydrogens is 264 g/mol. The third kappa shape index (κ3) is 6.06. The van der Waals surface area contributed by atoms with Gasteiger partial charge in [-0.1, -0.05) is 49.4 Å². The van der Waals surface area contributed by atoms with Crippen molar-refractivity contribution in [3.05, 3.63) is 47.8 Å². The summed E-state index contributed by atoms with van der Waals surface area (Å²) in [6.07, 6.45) is 1.97. The molecular formula is C16H24N4O. The predicted octanol–water partition coefficient (Wildman–Crippen LogP) is 2.24. The summed E-state index contributed by atoms with van der Waals surface area (Å²) >= 11 is 0. The Balaban J connectivity index is 1.63. The summed E-state index contributed by atoms with van der Waals surface area (Å²) in [4.78, 5) is 0. The molecule has 0 saturated heterocycles. The van der Waals surface area contributed by atoms with E-state index in [9.17, 15) is 0 Å². The van der Waals surface area contributed by atoms with Crippen LogP contribution in [0.2, 0.25) is 0 Å². The molecule has 1 aromatic heterocycles. The van der Waals surface area contributed by atoms with Gasteiger partial charge >= 0.3 is 0 Å². The molecule has 2 aromatic rings. The Hall–Kier alpha value is -1.72. The van der Waals surface area contributed by atoms with Crippen LogP contribution in [0.5, 0.6) is 0 Å². The van der Waals surface area contributed by atoms with Crippen LogP contribution in [0.4, 0.5) is 0 Å². The van der Waals surface area contributed by atoms with Gasteiger partial charge in [0.05, 0.1) is 25.5 Å². The molecule has 5 nitrogen and oxygen atoms in total. The van der Waals surface area contributed by atoms with E-state index in [1.165, 1.54) is 5.56 Å². The molecule has 0 amide bonds. The van der Waals surface area contributed by atoms with Gasteiger partial charge in [0.15, 0.2) is 0 Å². The molecule has 1 aromatic carbocycles. The first-order valence-corrected chi connectivity index (χ1v) is 7.45. The van der Waals surface area contributed by atoms with Crippen molar-refractivity contribution in [2.24, 2.45) is 5.92 Å². The molecule has 0 fully saturated rings. The fourth-order valence-electron chi connectivity index (χ4n) is 1.94. The maximum atomic E-state index is 5.64. The Labute approximate surface area is 126 Å². The number of benzene rings is 1. The van der Waals surface area contributed by atoms with Crippen molar-refractivity contribution in [3.63, 3.8) is 0 Å². The Morgan fingerprint density at radius 1 is 1.24 bits per heavy atom. The lowest BCUT2D eigenvalue weighted by atomic mass is 10.2. The second-order valence-corrected chi connectivity index (χ2v) is 5.54. The highest BCUT2D eigenvalue weighted by Crippen LogP contribution is 2.01. The normalized spacial score (nSPS) is 11.2. The van der Waals surface area contributed by atoms with Gasteiger partial charge in [-0.05, 0) is 18.0 Å². The van der Waals surface area contributed by atoms with E-state index in [1.807, 2.05) is 29.1 Å². The molecule has 0 aliphatic heterocycles. The lowest BCUT2D eigenvalue weighted by Gasteiger charge is -2.05. The minimum Gasteiger partial charge on any atom is -0.375 e. The molecule has 0 unspecified atom stereocenters. The van der Waals surface area contributed by atoms with Crippen LogP contribution in [0.25, 0.3) is 0 Å². The van der Waals surface area contributed by atoms with Crippen molar-refractivity contribution in [3.8, 4) is 0 Å². The van der Waals surface area contributed by atoms with E-state index >= 15 is 0 Å². The standard InChI is InChI=1S/C16H24N4O/c1-14(2)10-17-11-16-12-20(19-18-16)8-9-21-13-15-6-4-3-5-7-15/h3-7,12,14,17H,8-11,13H2,1-2H3. The van der Waals surface area contributed by atoms with Crippen molar-refractivity contribution in [1.82, 2.24) is 20.3 Å².